The third kappa shape index (κ3) is 7.80. The Morgan fingerprint density at radius 1 is 1.19 bits per heavy atom. The number of nitrogens with one attached hydrogen (secondary N) is 1. The maximum Gasteiger partial charge on any atom is 0.193 e. The van der Waals surface area contributed by atoms with Gasteiger partial charge in [-0.3, -0.25) is 4.99 Å². The molecule has 2 heterocycles. The Morgan fingerprint density at radius 2 is 2.00 bits per heavy atom. The summed E-state index contributed by atoms with van der Waals surface area (Å²) in [6, 6.07) is 0. The van der Waals surface area contributed by atoms with Crippen molar-refractivity contribution >= 4 is 5.96 Å². The molecule has 6 heteroatoms. The molecular formula is C20H40N4O2. The summed E-state index contributed by atoms with van der Waals surface area (Å²) in [6.07, 6.45) is 5.31. The Balaban J connectivity index is 1.74. The molecule has 6 nitrogen and oxygen atoms in total. The molecule has 152 valence electrons. The summed E-state index contributed by atoms with van der Waals surface area (Å²) in [7, 11) is 1.71. The number of methoxy groups -OCH3 is 1. The number of guanidine groups is 1. The summed E-state index contributed by atoms with van der Waals surface area (Å²) < 4.78 is 10.7. The predicted octanol–water partition coefficient (Wildman–Crippen LogP) is 2.06. The zero-order chi connectivity index (χ0) is 18.6. The van der Waals surface area contributed by atoms with Gasteiger partial charge in [-0.1, -0.05) is 13.3 Å². The van der Waals surface area contributed by atoms with Crippen LogP contribution in [0.2, 0.25) is 0 Å². The highest BCUT2D eigenvalue weighted by atomic mass is 16.5. The van der Waals surface area contributed by atoms with Gasteiger partial charge >= 0.3 is 0 Å². The molecule has 0 aromatic rings. The number of nitrogens with zero attached hydrogens (tertiary/aromatic N) is 3. The number of rotatable bonds is 10. The lowest BCUT2D eigenvalue weighted by Crippen LogP contribution is -2.41. The zero-order valence-electron chi connectivity index (χ0n) is 17.2. The highest BCUT2D eigenvalue weighted by molar-refractivity contribution is 5.80. The van der Waals surface area contributed by atoms with Crippen molar-refractivity contribution in [3.8, 4) is 0 Å². The number of likely N-dealkylation sites (tertiary alicyclic amines) is 2. The van der Waals surface area contributed by atoms with Crippen LogP contribution in [0.15, 0.2) is 4.99 Å². The molecule has 2 unspecified atom stereocenters. The van der Waals surface area contributed by atoms with Gasteiger partial charge in [0.1, 0.15) is 0 Å². The second-order valence-electron chi connectivity index (χ2n) is 7.83. The summed E-state index contributed by atoms with van der Waals surface area (Å²) in [5, 5.41) is 3.48. The molecule has 2 aliphatic heterocycles. The molecule has 0 aromatic carbocycles. The fourth-order valence-corrected chi connectivity index (χ4v) is 3.86. The third-order valence-corrected chi connectivity index (χ3v) is 5.28. The van der Waals surface area contributed by atoms with E-state index in [4.69, 9.17) is 14.5 Å². The van der Waals surface area contributed by atoms with E-state index in [9.17, 15) is 0 Å². The van der Waals surface area contributed by atoms with E-state index < -0.39 is 0 Å². The Kier molecular flexibility index (Phi) is 10.3. The number of hydrogen-bond acceptors (Lipinski definition) is 4. The number of piperidine rings is 1. The van der Waals surface area contributed by atoms with Crippen LogP contribution in [0.25, 0.3) is 0 Å². The molecule has 0 spiro atoms. The van der Waals surface area contributed by atoms with Crippen LogP contribution in [-0.2, 0) is 9.47 Å². The predicted molar refractivity (Wildman–Crippen MR) is 108 cm³/mol. The maximum atomic E-state index is 5.71. The fourth-order valence-electron chi connectivity index (χ4n) is 3.86. The van der Waals surface area contributed by atoms with Crippen LogP contribution in [0.4, 0.5) is 0 Å². The lowest BCUT2D eigenvalue weighted by Gasteiger charge is -2.29. The van der Waals surface area contributed by atoms with Crippen molar-refractivity contribution in [1.82, 2.24) is 15.1 Å². The van der Waals surface area contributed by atoms with Gasteiger partial charge in [-0.05, 0) is 45.2 Å². The Bertz CT molecular complexity index is 399. The van der Waals surface area contributed by atoms with Gasteiger partial charge in [0.15, 0.2) is 5.96 Å². The molecule has 2 atom stereocenters. The van der Waals surface area contributed by atoms with E-state index in [0.29, 0.717) is 25.0 Å². The minimum absolute atomic E-state index is 0.599. The van der Waals surface area contributed by atoms with E-state index in [2.05, 4.69) is 29.0 Å². The monoisotopic (exact) mass is 368 g/mol. The molecule has 26 heavy (non-hydrogen) atoms. The third-order valence-electron chi connectivity index (χ3n) is 5.28. The largest absolute Gasteiger partial charge is 0.382 e. The number of ether oxygens (including phenoxy) is 2. The van der Waals surface area contributed by atoms with Gasteiger partial charge in [-0.2, -0.15) is 0 Å². The first-order valence-electron chi connectivity index (χ1n) is 10.5. The van der Waals surface area contributed by atoms with Crippen LogP contribution in [0.5, 0.6) is 0 Å². The highest BCUT2D eigenvalue weighted by Crippen LogP contribution is 2.17. The van der Waals surface area contributed by atoms with Crippen LogP contribution in [0.1, 0.15) is 39.5 Å². The molecule has 0 bridgehead atoms. The van der Waals surface area contributed by atoms with E-state index in [0.717, 1.165) is 38.7 Å². The van der Waals surface area contributed by atoms with E-state index >= 15 is 0 Å². The van der Waals surface area contributed by atoms with Gasteiger partial charge in [0.25, 0.3) is 0 Å². The Hall–Kier alpha value is -0.850. The molecule has 0 amide bonds. The van der Waals surface area contributed by atoms with Crippen molar-refractivity contribution in [2.45, 2.75) is 39.5 Å². The smallest absolute Gasteiger partial charge is 0.193 e. The van der Waals surface area contributed by atoms with E-state index in [-0.39, 0.29) is 0 Å². The first-order valence-corrected chi connectivity index (χ1v) is 10.5. The van der Waals surface area contributed by atoms with Crippen molar-refractivity contribution in [2.24, 2.45) is 16.8 Å². The second-order valence-corrected chi connectivity index (χ2v) is 7.83. The molecule has 0 aromatic heterocycles. The molecule has 2 fully saturated rings. The maximum absolute atomic E-state index is 5.71. The topological polar surface area (TPSA) is 49.3 Å². The number of aliphatic imine (C=N–C) groups is 1. The van der Waals surface area contributed by atoms with Gasteiger partial charge in [0.2, 0.25) is 0 Å². The molecule has 0 aliphatic carbocycles. The van der Waals surface area contributed by atoms with Crippen molar-refractivity contribution in [2.75, 3.05) is 72.7 Å². The van der Waals surface area contributed by atoms with Crippen molar-refractivity contribution < 1.29 is 9.47 Å². The highest BCUT2D eigenvalue weighted by Gasteiger charge is 2.25. The van der Waals surface area contributed by atoms with Crippen LogP contribution >= 0.6 is 0 Å². The minimum Gasteiger partial charge on any atom is -0.382 e. The van der Waals surface area contributed by atoms with Gasteiger partial charge in [0, 0.05) is 45.8 Å². The summed E-state index contributed by atoms with van der Waals surface area (Å²) in [5.41, 5.74) is 0. The van der Waals surface area contributed by atoms with Crippen molar-refractivity contribution in [3.63, 3.8) is 0 Å². The van der Waals surface area contributed by atoms with Gasteiger partial charge in [-0.15, -0.1) is 0 Å². The summed E-state index contributed by atoms with van der Waals surface area (Å²) in [5.74, 6) is 2.29. The lowest BCUT2D eigenvalue weighted by atomic mass is 10.1. The van der Waals surface area contributed by atoms with Crippen molar-refractivity contribution in [1.29, 1.82) is 0 Å². The fraction of sp³-hybridized carbons (Fsp3) is 0.950. The standard InChI is InChI=1S/C20H40N4O2/c1-4-21-20(22-14-18(2)15-23-9-6-5-7-10-23)24-11-8-19(16-24)17-26-13-12-25-3/h18-19H,4-17H2,1-3H3,(H,21,22). The van der Waals surface area contributed by atoms with Gasteiger partial charge in [-0.25, -0.2) is 0 Å². The van der Waals surface area contributed by atoms with Crippen LogP contribution in [0, 0.1) is 11.8 Å². The molecule has 1 N–H and O–H groups in total. The van der Waals surface area contributed by atoms with E-state index in [1.807, 2.05) is 0 Å². The van der Waals surface area contributed by atoms with Gasteiger partial charge in [0.05, 0.1) is 19.8 Å². The normalized spacial score (nSPS) is 23.4. The molecule has 0 radical (unpaired) electrons. The quantitative estimate of drug-likeness (QED) is 0.363. The number of hydrogen-bond donors (Lipinski definition) is 1. The SMILES string of the molecule is CCNC(=NCC(C)CN1CCCCC1)N1CCC(COCCOC)C1. The average molecular weight is 369 g/mol. The molecular weight excluding hydrogens is 328 g/mol. The molecule has 2 rings (SSSR count). The van der Waals surface area contributed by atoms with Gasteiger partial charge < -0.3 is 24.6 Å². The summed E-state index contributed by atoms with van der Waals surface area (Å²) in [6.45, 7) is 14.3. The second kappa shape index (κ2) is 12.5. The zero-order valence-corrected chi connectivity index (χ0v) is 17.2. The first kappa shape index (κ1) is 21.5. The van der Waals surface area contributed by atoms with Crippen LogP contribution in [0.3, 0.4) is 0 Å². The molecule has 0 saturated carbocycles. The molecule has 2 saturated heterocycles. The van der Waals surface area contributed by atoms with Crippen LogP contribution in [-0.4, -0.2) is 88.5 Å². The summed E-state index contributed by atoms with van der Waals surface area (Å²) in [4.78, 5) is 9.96. The van der Waals surface area contributed by atoms with E-state index in [1.165, 1.54) is 45.3 Å². The lowest BCUT2D eigenvalue weighted by molar-refractivity contribution is 0.0536. The first-order chi connectivity index (χ1) is 12.7. The Morgan fingerprint density at radius 3 is 2.73 bits per heavy atom. The van der Waals surface area contributed by atoms with E-state index in [1.54, 1.807) is 7.11 Å². The Labute approximate surface area is 160 Å². The molecule has 2 aliphatic rings. The van der Waals surface area contributed by atoms with Crippen LogP contribution < -0.4 is 5.32 Å². The minimum atomic E-state index is 0.599. The average Bonchev–Trinajstić information content (AvgIpc) is 3.12. The van der Waals surface area contributed by atoms with Crippen molar-refractivity contribution in [3.05, 3.63) is 0 Å². The summed E-state index contributed by atoms with van der Waals surface area (Å²) >= 11 is 0.